The highest BCUT2D eigenvalue weighted by Gasteiger charge is 1.91. The molecule has 5 heteroatoms. The fraction of sp³-hybridized carbons (Fsp3) is 0.250. The molecular weight excluding hydrogens is 283 g/mol. The quantitative estimate of drug-likeness (QED) is 0.376. The first kappa shape index (κ1) is 10.7. The highest BCUT2D eigenvalue weighted by atomic mass is 127. The van der Waals surface area contributed by atoms with E-state index in [1.807, 2.05) is 24.3 Å². The van der Waals surface area contributed by atoms with Crippen LogP contribution in [0.3, 0.4) is 0 Å². The topological polar surface area (TPSA) is 42.5 Å². The molecule has 0 aliphatic carbocycles. The monoisotopic (exact) mass is 294 g/mol. The van der Waals surface area contributed by atoms with Crippen molar-refractivity contribution in [1.29, 1.82) is 0 Å². The molecule has 0 atom stereocenters. The van der Waals surface area contributed by atoms with Gasteiger partial charge in [0.05, 0.1) is 12.8 Å². The lowest BCUT2D eigenvalue weighted by Gasteiger charge is -2.06. The van der Waals surface area contributed by atoms with Gasteiger partial charge in [-0.15, -0.1) is 0 Å². The van der Waals surface area contributed by atoms with Crippen LogP contribution in [-0.4, -0.2) is 13.8 Å². The summed E-state index contributed by atoms with van der Waals surface area (Å²) >= 11 is 2.24. The number of hydrogen-bond acceptors (Lipinski definition) is 4. The van der Waals surface area contributed by atoms with Crippen LogP contribution < -0.4 is 11.0 Å². The fourth-order valence-corrected chi connectivity index (χ4v) is 1.30. The zero-order valence-electron chi connectivity index (χ0n) is 7.21. The third-order valence-corrected chi connectivity index (χ3v) is 1.96. The molecule has 0 fully saturated rings. The minimum atomic E-state index is 0.294. The van der Waals surface area contributed by atoms with Crippen LogP contribution in [0.4, 0.5) is 5.69 Å². The van der Waals surface area contributed by atoms with Crippen molar-refractivity contribution in [3.8, 4) is 0 Å². The van der Waals surface area contributed by atoms with Crippen molar-refractivity contribution in [3.05, 3.63) is 27.8 Å². The Bertz CT molecular complexity index is 258. The normalized spacial score (nSPS) is 10.0. The zero-order chi connectivity index (χ0) is 9.52. The van der Waals surface area contributed by atoms with Gasteiger partial charge < -0.3 is 4.84 Å². The van der Waals surface area contributed by atoms with Crippen molar-refractivity contribution >= 4 is 28.3 Å². The van der Waals surface area contributed by atoms with Crippen LogP contribution in [-0.2, 0) is 9.68 Å². The van der Waals surface area contributed by atoms with Crippen LogP contribution in [0.15, 0.2) is 24.3 Å². The van der Waals surface area contributed by atoms with Crippen LogP contribution in [0, 0.1) is 3.57 Å². The molecule has 13 heavy (non-hydrogen) atoms. The molecule has 0 radical (unpaired) electrons. The summed E-state index contributed by atoms with van der Waals surface area (Å²) in [6.07, 6.45) is 0. The number of benzene rings is 1. The van der Waals surface area contributed by atoms with Crippen LogP contribution in [0.5, 0.6) is 0 Å². The molecule has 2 N–H and O–H groups in total. The van der Waals surface area contributed by atoms with Gasteiger partial charge in [0, 0.05) is 3.57 Å². The van der Waals surface area contributed by atoms with Gasteiger partial charge in [-0.2, -0.15) is 5.48 Å². The summed E-state index contributed by atoms with van der Waals surface area (Å²) in [5.41, 5.74) is 6.24. The van der Waals surface area contributed by atoms with Crippen LogP contribution in [0.25, 0.3) is 0 Å². The van der Waals surface area contributed by atoms with Gasteiger partial charge in [0.25, 0.3) is 0 Å². The SMILES string of the molecule is CONCONc1cccc(I)c1. The average molecular weight is 294 g/mol. The van der Waals surface area contributed by atoms with Gasteiger partial charge in [0.15, 0.2) is 0 Å². The molecule has 1 rings (SSSR count). The molecule has 0 spiro atoms. The molecule has 0 saturated heterocycles. The van der Waals surface area contributed by atoms with E-state index in [0.29, 0.717) is 6.73 Å². The lowest BCUT2D eigenvalue weighted by molar-refractivity contribution is 0.0111. The second kappa shape index (κ2) is 6.14. The average Bonchev–Trinajstić information content (AvgIpc) is 2.13. The first-order valence-corrected chi connectivity index (χ1v) is 4.80. The molecule has 0 aliphatic heterocycles. The molecular formula is C8H11IN2O2. The van der Waals surface area contributed by atoms with Gasteiger partial charge in [-0.05, 0) is 40.8 Å². The Kier molecular flexibility index (Phi) is 5.06. The number of rotatable bonds is 5. The molecule has 4 nitrogen and oxygen atoms in total. The maximum atomic E-state index is 5.03. The van der Waals surface area contributed by atoms with Crippen molar-refractivity contribution in [2.24, 2.45) is 0 Å². The van der Waals surface area contributed by atoms with Gasteiger partial charge in [-0.25, -0.2) is 0 Å². The van der Waals surface area contributed by atoms with E-state index in [4.69, 9.17) is 4.84 Å². The molecule has 0 bridgehead atoms. The van der Waals surface area contributed by atoms with Crippen LogP contribution in [0.1, 0.15) is 0 Å². The standard InChI is InChI=1S/C8H11IN2O2/c1-12-10-6-13-11-8-4-2-3-7(9)5-8/h2-5,10-11H,6H2,1H3. The van der Waals surface area contributed by atoms with E-state index in [1.165, 1.54) is 7.11 Å². The lowest BCUT2D eigenvalue weighted by atomic mass is 10.3. The molecule has 72 valence electrons. The summed E-state index contributed by atoms with van der Waals surface area (Å²) in [5, 5.41) is 0. The van der Waals surface area contributed by atoms with E-state index in [-0.39, 0.29) is 0 Å². The predicted molar refractivity (Wildman–Crippen MR) is 58.9 cm³/mol. The first-order valence-electron chi connectivity index (χ1n) is 3.72. The number of nitrogens with one attached hydrogen (secondary N) is 2. The number of hydroxylamine groups is 1. The first-order chi connectivity index (χ1) is 6.33. The maximum Gasteiger partial charge on any atom is 0.147 e. The van der Waals surface area contributed by atoms with Crippen molar-refractivity contribution in [2.45, 2.75) is 0 Å². The Hall–Kier alpha value is -0.370. The van der Waals surface area contributed by atoms with Crippen LogP contribution in [0.2, 0.25) is 0 Å². The van der Waals surface area contributed by atoms with Gasteiger partial charge in [0.1, 0.15) is 6.73 Å². The summed E-state index contributed by atoms with van der Waals surface area (Å²) < 4.78 is 1.16. The Morgan fingerprint density at radius 2 is 2.31 bits per heavy atom. The van der Waals surface area contributed by atoms with E-state index in [1.54, 1.807) is 0 Å². The van der Waals surface area contributed by atoms with E-state index in [9.17, 15) is 0 Å². The van der Waals surface area contributed by atoms with E-state index in [0.717, 1.165) is 9.26 Å². The Balaban J connectivity index is 2.28. The van der Waals surface area contributed by atoms with Gasteiger partial charge in [-0.3, -0.25) is 10.3 Å². The van der Waals surface area contributed by atoms with Crippen LogP contribution >= 0.6 is 22.6 Å². The summed E-state index contributed by atoms with van der Waals surface area (Å²) in [7, 11) is 1.54. The minimum Gasteiger partial charge on any atom is -0.303 e. The summed E-state index contributed by atoms with van der Waals surface area (Å²) in [6, 6.07) is 7.87. The largest absolute Gasteiger partial charge is 0.303 e. The summed E-state index contributed by atoms with van der Waals surface area (Å²) in [6.45, 7) is 0.294. The second-order valence-corrected chi connectivity index (χ2v) is 3.50. The third-order valence-electron chi connectivity index (χ3n) is 1.29. The van der Waals surface area contributed by atoms with Gasteiger partial charge in [-0.1, -0.05) is 6.07 Å². The Morgan fingerprint density at radius 3 is 3.00 bits per heavy atom. The van der Waals surface area contributed by atoms with Crippen molar-refractivity contribution < 1.29 is 9.68 Å². The molecule has 0 aromatic heterocycles. The summed E-state index contributed by atoms with van der Waals surface area (Å²) in [5.74, 6) is 0. The van der Waals surface area contributed by atoms with Gasteiger partial charge in [0.2, 0.25) is 0 Å². The number of halogens is 1. The molecule has 0 saturated carbocycles. The van der Waals surface area contributed by atoms with E-state index < -0.39 is 0 Å². The van der Waals surface area contributed by atoms with Crippen molar-refractivity contribution in [2.75, 3.05) is 19.3 Å². The second-order valence-electron chi connectivity index (χ2n) is 2.25. The van der Waals surface area contributed by atoms with Gasteiger partial charge >= 0.3 is 0 Å². The summed E-state index contributed by atoms with van der Waals surface area (Å²) in [4.78, 5) is 9.61. The third kappa shape index (κ3) is 4.41. The minimum absolute atomic E-state index is 0.294. The molecule has 1 aromatic carbocycles. The maximum absolute atomic E-state index is 5.03. The molecule has 0 amide bonds. The number of anilines is 1. The Labute approximate surface area is 90.7 Å². The molecule has 0 unspecified atom stereocenters. The van der Waals surface area contributed by atoms with Crippen molar-refractivity contribution in [3.63, 3.8) is 0 Å². The highest BCUT2D eigenvalue weighted by molar-refractivity contribution is 14.1. The number of hydrogen-bond donors (Lipinski definition) is 2. The zero-order valence-corrected chi connectivity index (χ0v) is 9.37. The predicted octanol–water partition coefficient (Wildman–Crippen LogP) is 1.74. The fourth-order valence-electron chi connectivity index (χ4n) is 0.760. The van der Waals surface area contributed by atoms with Crippen molar-refractivity contribution in [1.82, 2.24) is 5.48 Å². The Morgan fingerprint density at radius 1 is 1.46 bits per heavy atom. The van der Waals surface area contributed by atoms with E-state index >= 15 is 0 Å². The molecule has 0 aliphatic rings. The smallest absolute Gasteiger partial charge is 0.147 e. The lowest BCUT2D eigenvalue weighted by Crippen LogP contribution is -2.18. The van der Waals surface area contributed by atoms with E-state index in [2.05, 4.69) is 38.4 Å². The molecule has 0 heterocycles. The molecule has 1 aromatic rings. The highest BCUT2D eigenvalue weighted by Crippen LogP contribution is 2.11.